The molecule has 1 aliphatic heterocycles. The Labute approximate surface area is 184 Å². The molecule has 0 bridgehead atoms. The van der Waals surface area contributed by atoms with Crippen molar-refractivity contribution in [2.45, 2.75) is 75.6 Å². The molecule has 2 aliphatic carbocycles. The number of ether oxygens (including phenoxy) is 1. The first-order valence-electron chi connectivity index (χ1n) is 11.2. The predicted molar refractivity (Wildman–Crippen MR) is 118 cm³/mol. The van der Waals surface area contributed by atoms with E-state index in [4.69, 9.17) is 4.74 Å². The minimum Gasteiger partial charge on any atom is -0.356 e. The van der Waals surface area contributed by atoms with Crippen molar-refractivity contribution in [2.24, 2.45) is 5.41 Å². The molecule has 5 rings (SSSR count). The minimum absolute atomic E-state index is 0.0119. The second-order valence-corrected chi connectivity index (χ2v) is 11.3. The molecule has 0 unspecified atom stereocenters. The van der Waals surface area contributed by atoms with Crippen molar-refractivity contribution < 1.29 is 17.9 Å². The number of sulfonamides is 1. The van der Waals surface area contributed by atoms with Gasteiger partial charge in [0.2, 0.25) is 10.0 Å². The molecular formula is C25H29NO4S. The van der Waals surface area contributed by atoms with Gasteiger partial charge in [-0.05, 0) is 57.2 Å². The van der Waals surface area contributed by atoms with Gasteiger partial charge in [0, 0.05) is 5.56 Å². The quantitative estimate of drug-likeness (QED) is 0.707. The van der Waals surface area contributed by atoms with Crippen LogP contribution >= 0.6 is 0 Å². The van der Waals surface area contributed by atoms with Crippen molar-refractivity contribution in [1.82, 2.24) is 4.31 Å². The molecule has 1 saturated carbocycles. The van der Waals surface area contributed by atoms with Crippen LogP contribution in [0, 0.1) is 12.3 Å². The van der Waals surface area contributed by atoms with E-state index in [1.165, 1.54) is 0 Å². The van der Waals surface area contributed by atoms with Crippen LogP contribution in [0.2, 0.25) is 0 Å². The van der Waals surface area contributed by atoms with E-state index < -0.39 is 21.7 Å². The number of fused-ring (bicyclic) bond motifs is 2. The zero-order valence-corrected chi connectivity index (χ0v) is 18.9. The number of Topliss-reactive ketones (excluding diaryl/α,β-unsaturated/α-hetero) is 1. The Hall–Kier alpha value is -2.02. The summed E-state index contributed by atoms with van der Waals surface area (Å²) in [5.41, 5.74) is 1.83. The third kappa shape index (κ3) is 3.27. The summed E-state index contributed by atoms with van der Waals surface area (Å²) in [6, 6.07) is 14.4. The Morgan fingerprint density at radius 3 is 2.52 bits per heavy atom. The average Bonchev–Trinajstić information content (AvgIpc) is 3.18. The smallest absolute Gasteiger partial charge is 0.245 e. The lowest BCUT2D eigenvalue weighted by Crippen LogP contribution is -2.54. The number of ketones is 1. The van der Waals surface area contributed by atoms with Gasteiger partial charge in [0.15, 0.2) is 5.78 Å². The second kappa shape index (κ2) is 7.54. The van der Waals surface area contributed by atoms with Crippen molar-refractivity contribution in [3.05, 3.63) is 65.2 Å². The molecule has 164 valence electrons. The Balaban J connectivity index is 1.60. The number of nitrogens with zero attached hydrogens (tertiary/aromatic N) is 1. The van der Waals surface area contributed by atoms with E-state index in [-0.39, 0.29) is 22.8 Å². The summed E-state index contributed by atoms with van der Waals surface area (Å²) in [4.78, 5) is 14.0. The van der Waals surface area contributed by atoms with Crippen LogP contribution in [-0.2, 0) is 21.2 Å². The summed E-state index contributed by atoms with van der Waals surface area (Å²) in [5.74, 6) is -0.0119. The van der Waals surface area contributed by atoms with E-state index in [0.29, 0.717) is 12.0 Å². The van der Waals surface area contributed by atoms with Crippen molar-refractivity contribution in [3.8, 4) is 0 Å². The highest BCUT2D eigenvalue weighted by Crippen LogP contribution is 2.48. The van der Waals surface area contributed by atoms with Crippen LogP contribution in [0.3, 0.4) is 0 Å². The lowest BCUT2D eigenvalue weighted by Gasteiger charge is -2.41. The van der Waals surface area contributed by atoms with Crippen LogP contribution in [0.4, 0.5) is 0 Å². The molecule has 0 amide bonds. The van der Waals surface area contributed by atoms with Crippen LogP contribution in [0.1, 0.15) is 60.5 Å². The predicted octanol–water partition coefficient (Wildman–Crippen LogP) is 4.49. The topological polar surface area (TPSA) is 63.7 Å². The van der Waals surface area contributed by atoms with Gasteiger partial charge in [-0.1, -0.05) is 54.8 Å². The van der Waals surface area contributed by atoms with Crippen molar-refractivity contribution in [1.29, 1.82) is 0 Å². The minimum atomic E-state index is -3.81. The molecule has 31 heavy (non-hydrogen) atoms. The monoisotopic (exact) mass is 439 g/mol. The highest BCUT2D eigenvalue weighted by Gasteiger charge is 2.58. The van der Waals surface area contributed by atoms with Crippen molar-refractivity contribution >= 4 is 15.8 Å². The van der Waals surface area contributed by atoms with Crippen LogP contribution in [-0.4, -0.2) is 36.9 Å². The van der Waals surface area contributed by atoms with E-state index in [0.717, 1.165) is 43.2 Å². The van der Waals surface area contributed by atoms with Crippen molar-refractivity contribution in [2.75, 3.05) is 0 Å². The average molecular weight is 440 g/mol. The van der Waals surface area contributed by atoms with Crippen LogP contribution in [0.15, 0.2) is 53.4 Å². The summed E-state index contributed by atoms with van der Waals surface area (Å²) >= 11 is 0. The third-order valence-electron chi connectivity index (χ3n) is 7.37. The van der Waals surface area contributed by atoms with Crippen LogP contribution in [0.5, 0.6) is 0 Å². The second-order valence-electron chi connectivity index (χ2n) is 9.43. The van der Waals surface area contributed by atoms with E-state index in [2.05, 4.69) is 0 Å². The molecule has 3 aliphatic rings. The first-order chi connectivity index (χ1) is 14.8. The fourth-order valence-electron chi connectivity index (χ4n) is 5.50. The molecule has 0 aromatic heterocycles. The number of carbonyl (C=O) groups is 1. The number of rotatable bonds is 3. The number of hydrogen-bond acceptors (Lipinski definition) is 4. The SMILES string of the molecule is Cc1ccc(S(=O)(=O)N2[C@H]([C@@]3(C)CCc4ccccc4C3=O)O[C@H]3CCCC[C@@H]32)cc1. The molecule has 5 nitrogen and oxygen atoms in total. The largest absolute Gasteiger partial charge is 0.356 e. The van der Waals surface area contributed by atoms with Gasteiger partial charge in [0.05, 0.1) is 22.5 Å². The first kappa shape index (κ1) is 20.9. The zero-order valence-electron chi connectivity index (χ0n) is 18.1. The van der Waals surface area contributed by atoms with E-state index in [1.54, 1.807) is 16.4 Å². The molecule has 2 aromatic rings. The normalized spacial score (nSPS) is 31.3. The fraction of sp³-hybridized carbons (Fsp3) is 0.480. The molecule has 1 saturated heterocycles. The highest BCUT2D eigenvalue weighted by atomic mass is 32.2. The van der Waals surface area contributed by atoms with Gasteiger partial charge in [0.1, 0.15) is 6.23 Å². The Morgan fingerprint density at radius 2 is 1.74 bits per heavy atom. The first-order valence-corrected chi connectivity index (χ1v) is 12.6. The highest BCUT2D eigenvalue weighted by molar-refractivity contribution is 7.89. The number of aryl methyl sites for hydroxylation is 2. The van der Waals surface area contributed by atoms with Gasteiger partial charge in [-0.2, -0.15) is 4.31 Å². The van der Waals surface area contributed by atoms with Crippen molar-refractivity contribution in [3.63, 3.8) is 0 Å². The molecule has 1 heterocycles. The molecule has 0 radical (unpaired) electrons. The van der Waals surface area contributed by atoms with Gasteiger partial charge in [-0.15, -0.1) is 0 Å². The Morgan fingerprint density at radius 1 is 1.03 bits per heavy atom. The number of hydrogen-bond donors (Lipinski definition) is 0. The summed E-state index contributed by atoms with van der Waals surface area (Å²) in [5, 5.41) is 0. The van der Waals surface area contributed by atoms with E-state index in [9.17, 15) is 13.2 Å². The molecule has 4 atom stereocenters. The lowest BCUT2D eigenvalue weighted by atomic mass is 9.70. The maximum atomic E-state index is 13.9. The van der Waals surface area contributed by atoms with Gasteiger partial charge >= 0.3 is 0 Å². The van der Waals surface area contributed by atoms with Crippen LogP contribution < -0.4 is 0 Å². The molecular weight excluding hydrogens is 410 g/mol. The Bertz CT molecular complexity index is 1110. The summed E-state index contributed by atoms with van der Waals surface area (Å²) in [6.07, 6.45) is 3.99. The standard InChI is InChI=1S/C25H29NO4S/c1-17-11-13-19(14-12-17)31(28,29)26-21-9-5-6-10-22(21)30-24(26)25(2)16-15-18-7-3-4-8-20(18)23(25)27/h3-4,7-8,11-14,21-22,24H,5-6,9-10,15-16H2,1-2H3/t21-,22-,24-,25-/m0/s1. The lowest BCUT2D eigenvalue weighted by molar-refractivity contribution is -0.0540. The maximum absolute atomic E-state index is 13.9. The number of carbonyl (C=O) groups excluding carboxylic acids is 1. The number of benzene rings is 2. The maximum Gasteiger partial charge on any atom is 0.245 e. The Kier molecular flexibility index (Phi) is 5.07. The third-order valence-corrected chi connectivity index (χ3v) is 9.25. The van der Waals surface area contributed by atoms with Crippen LogP contribution in [0.25, 0.3) is 0 Å². The fourth-order valence-corrected chi connectivity index (χ4v) is 7.36. The molecule has 2 aromatic carbocycles. The summed E-state index contributed by atoms with van der Waals surface area (Å²) in [6.45, 7) is 3.83. The molecule has 0 spiro atoms. The summed E-state index contributed by atoms with van der Waals surface area (Å²) in [7, 11) is -3.81. The van der Waals surface area contributed by atoms with Gasteiger partial charge < -0.3 is 4.74 Å². The summed E-state index contributed by atoms with van der Waals surface area (Å²) < 4.78 is 35.8. The van der Waals surface area contributed by atoms with Gasteiger partial charge in [-0.25, -0.2) is 8.42 Å². The van der Waals surface area contributed by atoms with Gasteiger partial charge in [-0.3, -0.25) is 4.79 Å². The molecule has 0 N–H and O–H groups in total. The van der Waals surface area contributed by atoms with E-state index in [1.807, 2.05) is 50.2 Å². The zero-order chi connectivity index (χ0) is 21.8. The van der Waals surface area contributed by atoms with Gasteiger partial charge in [0.25, 0.3) is 0 Å². The molecule has 2 fully saturated rings. The van der Waals surface area contributed by atoms with E-state index >= 15 is 0 Å². The molecule has 6 heteroatoms.